The van der Waals surface area contributed by atoms with Gasteiger partial charge < -0.3 is 11.1 Å². The number of amides is 1. The molecular formula is C12H13BrN2O3S2. The SMILES string of the molecule is NC(=S)c1ccc(NC(=O)C2CCS(=O)(=O)C2)c(Br)c1. The zero-order chi connectivity index (χ0) is 14.9. The zero-order valence-corrected chi connectivity index (χ0v) is 13.6. The number of thiocarbonyl (C=S) groups is 1. The van der Waals surface area contributed by atoms with E-state index >= 15 is 0 Å². The Hall–Kier alpha value is -0.990. The Kier molecular flexibility index (Phi) is 4.46. The maximum absolute atomic E-state index is 12.0. The van der Waals surface area contributed by atoms with Gasteiger partial charge in [0.15, 0.2) is 9.84 Å². The van der Waals surface area contributed by atoms with Gasteiger partial charge in [0.05, 0.1) is 23.1 Å². The largest absolute Gasteiger partial charge is 0.389 e. The molecule has 1 aromatic rings. The van der Waals surface area contributed by atoms with Gasteiger partial charge in [-0.15, -0.1) is 0 Å². The highest BCUT2D eigenvalue weighted by Crippen LogP contribution is 2.26. The van der Waals surface area contributed by atoms with Crippen LogP contribution in [0.4, 0.5) is 5.69 Å². The Morgan fingerprint density at radius 1 is 1.45 bits per heavy atom. The molecule has 0 bridgehead atoms. The van der Waals surface area contributed by atoms with E-state index in [0.29, 0.717) is 22.1 Å². The molecule has 1 aliphatic heterocycles. The number of hydrogen-bond donors (Lipinski definition) is 2. The molecule has 8 heteroatoms. The second-order valence-corrected chi connectivity index (χ2v) is 8.17. The number of hydrogen-bond acceptors (Lipinski definition) is 4. The van der Waals surface area contributed by atoms with Crippen molar-refractivity contribution in [1.82, 2.24) is 0 Å². The molecule has 1 atom stereocenters. The highest BCUT2D eigenvalue weighted by Gasteiger charge is 2.33. The Labute approximate surface area is 131 Å². The monoisotopic (exact) mass is 376 g/mol. The molecule has 1 amide bonds. The van der Waals surface area contributed by atoms with Crippen LogP contribution in [0.2, 0.25) is 0 Å². The van der Waals surface area contributed by atoms with E-state index in [0.717, 1.165) is 0 Å². The van der Waals surface area contributed by atoms with Gasteiger partial charge in [-0.2, -0.15) is 0 Å². The van der Waals surface area contributed by atoms with Crippen molar-refractivity contribution in [2.24, 2.45) is 11.7 Å². The molecule has 0 aromatic heterocycles. The van der Waals surface area contributed by atoms with Gasteiger partial charge in [-0.3, -0.25) is 4.79 Å². The summed E-state index contributed by atoms with van der Waals surface area (Å²) in [6.45, 7) is 0. The van der Waals surface area contributed by atoms with Gasteiger partial charge in [0.25, 0.3) is 0 Å². The summed E-state index contributed by atoms with van der Waals surface area (Å²) < 4.78 is 23.4. The zero-order valence-electron chi connectivity index (χ0n) is 10.4. The number of halogens is 1. The van der Waals surface area contributed by atoms with Crippen LogP contribution in [0, 0.1) is 5.92 Å². The summed E-state index contributed by atoms with van der Waals surface area (Å²) in [5.41, 5.74) is 6.78. The quantitative estimate of drug-likeness (QED) is 0.779. The van der Waals surface area contributed by atoms with E-state index in [1.165, 1.54) is 0 Å². The molecule has 20 heavy (non-hydrogen) atoms. The summed E-state index contributed by atoms with van der Waals surface area (Å²) in [4.78, 5) is 12.3. The molecule has 0 saturated carbocycles. The van der Waals surface area contributed by atoms with Crippen molar-refractivity contribution in [2.45, 2.75) is 6.42 Å². The molecule has 0 aliphatic carbocycles. The smallest absolute Gasteiger partial charge is 0.228 e. The number of nitrogens with one attached hydrogen (secondary N) is 1. The van der Waals surface area contributed by atoms with Gasteiger partial charge in [0.2, 0.25) is 5.91 Å². The molecule has 0 radical (unpaired) electrons. The van der Waals surface area contributed by atoms with E-state index in [-0.39, 0.29) is 22.4 Å². The number of rotatable bonds is 3. The van der Waals surface area contributed by atoms with Crippen molar-refractivity contribution in [3.63, 3.8) is 0 Å². The Morgan fingerprint density at radius 2 is 2.15 bits per heavy atom. The lowest BCUT2D eigenvalue weighted by Crippen LogP contribution is -2.24. The summed E-state index contributed by atoms with van der Waals surface area (Å²) in [5.74, 6) is -0.773. The molecule has 3 N–H and O–H groups in total. The Bertz CT molecular complexity index is 673. The second-order valence-electron chi connectivity index (χ2n) is 4.65. The van der Waals surface area contributed by atoms with E-state index in [4.69, 9.17) is 18.0 Å². The molecule has 108 valence electrons. The molecule has 1 aliphatic rings. The first-order valence-electron chi connectivity index (χ1n) is 5.89. The molecule has 1 heterocycles. The lowest BCUT2D eigenvalue weighted by molar-refractivity contribution is -0.119. The predicted molar refractivity (Wildman–Crippen MR) is 85.4 cm³/mol. The van der Waals surface area contributed by atoms with E-state index < -0.39 is 15.8 Å². The Morgan fingerprint density at radius 3 is 2.65 bits per heavy atom. The highest BCUT2D eigenvalue weighted by molar-refractivity contribution is 9.10. The lowest BCUT2D eigenvalue weighted by Gasteiger charge is -2.11. The van der Waals surface area contributed by atoms with Crippen LogP contribution in [0.25, 0.3) is 0 Å². The molecule has 1 fully saturated rings. The number of nitrogens with two attached hydrogens (primary N) is 1. The van der Waals surface area contributed by atoms with Gasteiger partial charge in [0.1, 0.15) is 4.99 Å². The fraction of sp³-hybridized carbons (Fsp3) is 0.333. The van der Waals surface area contributed by atoms with E-state index in [1.54, 1.807) is 18.2 Å². The third-order valence-electron chi connectivity index (χ3n) is 3.11. The summed E-state index contributed by atoms with van der Waals surface area (Å²) in [6, 6.07) is 5.09. The van der Waals surface area contributed by atoms with E-state index in [2.05, 4.69) is 21.2 Å². The standard InChI is InChI=1S/C12H13BrN2O3S2/c13-9-5-7(11(14)19)1-2-10(9)15-12(16)8-3-4-20(17,18)6-8/h1-2,5,8H,3-4,6H2,(H2,14,19)(H,15,16). The fourth-order valence-corrected chi connectivity index (χ4v) is 4.35. The minimum atomic E-state index is -3.07. The average Bonchev–Trinajstić information content (AvgIpc) is 2.72. The minimum absolute atomic E-state index is 0.0760. The lowest BCUT2D eigenvalue weighted by atomic mass is 10.1. The molecule has 5 nitrogen and oxygen atoms in total. The highest BCUT2D eigenvalue weighted by atomic mass is 79.9. The molecular weight excluding hydrogens is 364 g/mol. The van der Waals surface area contributed by atoms with Crippen molar-refractivity contribution in [2.75, 3.05) is 16.8 Å². The van der Waals surface area contributed by atoms with Crippen LogP contribution < -0.4 is 11.1 Å². The normalized spacial score (nSPS) is 20.6. The van der Waals surface area contributed by atoms with Gasteiger partial charge in [-0.05, 0) is 40.5 Å². The first kappa shape index (κ1) is 15.4. The maximum Gasteiger partial charge on any atom is 0.228 e. The minimum Gasteiger partial charge on any atom is -0.389 e. The number of anilines is 1. The van der Waals surface area contributed by atoms with Gasteiger partial charge in [-0.25, -0.2) is 8.42 Å². The van der Waals surface area contributed by atoms with Crippen LogP contribution in [-0.4, -0.2) is 30.8 Å². The summed E-state index contributed by atoms with van der Waals surface area (Å²) >= 11 is 8.20. The maximum atomic E-state index is 12.0. The van der Waals surface area contributed by atoms with Crippen molar-refractivity contribution in [3.05, 3.63) is 28.2 Å². The molecule has 1 aromatic carbocycles. The Balaban J connectivity index is 2.11. The van der Waals surface area contributed by atoms with Gasteiger partial charge in [0, 0.05) is 10.0 Å². The first-order valence-corrected chi connectivity index (χ1v) is 8.91. The molecule has 0 spiro atoms. The summed E-state index contributed by atoms with van der Waals surface area (Å²) in [5, 5.41) is 2.72. The van der Waals surface area contributed by atoms with Crippen LogP contribution in [0.5, 0.6) is 0 Å². The number of benzene rings is 1. The van der Waals surface area contributed by atoms with Crippen molar-refractivity contribution < 1.29 is 13.2 Å². The topological polar surface area (TPSA) is 89.3 Å². The van der Waals surface area contributed by atoms with Crippen LogP contribution in [0.1, 0.15) is 12.0 Å². The predicted octanol–water partition coefficient (Wildman–Crippen LogP) is 1.46. The number of sulfone groups is 1. The first-order chi connectivity index (χ1) is 9.28. The molecule has 2 rings (SSSR count). The van der Waals surface area contributed by atoms with Gasteiger partial charge >= 0.3 is 0 Å². The number of carbonyl (C=O) groups is 1. The van der Waals surface area contributed by atoms with Crippen molar-refractivity contribution in [3.8, 4) is 0 Å². The van der Waals surface area contributed by atoms with Crippen LogP contribution >= 0.6 is 28.1 Å². The average molecular weight is 377 g/mol. The molecule has 1 unspecified atom stereocenters. The summed E-state index contributed by atoms with van der Waals surface area (Å²) in [7, 11) is -3.07. The van der Waals surface area contributed by atoms with Crippen molar-refractivity contribution in [1.29, 1.82) is 0 Å². The van der Waals surface area contributed by atoms with Crippen LogP contribution in [0.15, 0.2) is 22.7 Å². The third-order valence-corrected chi connectivity index (χ3v) is 5.77. The van der Waals surface area contributed by atoms with Crippen LogP contribution in [-0.2, 0) is 14.6 Å². The number of carbonyl (C=O) groups excluding carboxylic acids is 1. The fourth-order valence-electron chi connectivity index (χ4n) is 2.01. The third kappa shape index (κ3) is 3.56. The van der Waals surface area contributed by atoms with Crippen LogP contribution in [0.3, 0.4) is 0 Å². The summed E-state index contributed by atoms with van der Waals surface area (Å²) in [6.07, 6.45) is 0.372. The van der Waals surface area contributed by atoms with E-state index in [9.17, 15) is 13.2 Å². The second kappa shape index (κ2) is 5.79. The molecule has 1 saturated heterocycles. The van der Waals surface area contributed by atoms with E-state index in [1.807, 2.05) is 0 Å². The van der Waals surface area contributed by atoms with Gasteiger partial charge in [-0.1, -0.05) is 12.2 Å². The van der Waals surface area contributed by atoms with Crippen molar-refractivity contribution >= 4 is 54.6 Å².